The molecule has 84 valence electrons. The zero-order chi connectivity index (χ0) is 11.3. The number of hydrogen-bond acceptors (Lipinski definition) is 2. The first-order valence-electron chi connectivity index (χ1n) is 5.34. The van der Waals surface area contributed by atoms with Gasteiger partial charge in [0.2, 0.25) is 0 Å². The maximum Gasteiger partial charge on any atom is 0.138 e. The third-order valence-electron chi connectivity index (χ3n) is 2.32. The molecule has 0 saturated carbocycles. The van der Waals surface area contributed by atoms with Gasteiger partial charge in [0.05, 0.1) is 11.6 Å². The minimum atomic E-state index is 0.209. The summed E-state index contributed by atoms with van der Waals surface area (Å²) in [6, 6.07) is 6.05. The van der Waals surface area contributed by atoms with Crippen LogP contribution in [0.1, 0.15) is 25.8 Å². The minimum absolute atomic E-state index is 0.209. The van der Waals surface area contributed by atoms with Crippen LogP contribution in [0.2, 0.25) is 5.02 Å². The van der Waals surface area contributed by atoms with E-state index in [1.54, 1.807) is 0 Å². The predicted octanol–water partition coefficient (Wildman–Crippen LogP) is 3.02. The van der Waals surface area contributed by atoms with Gasteiger partial charge in [0.15, 0.2) is 0 Å². The van der Waals surface area contributed by atoms with Crippen molar-refractivity contribution in [1.82, 2.24) is 0 Å². The van der Waals surface area contributed by atoms with Crippen LogP contribution in [-0.4, -0.2) is 12.6 Å². The van der Waals surface area contributed by atoms with Crippen LogP contribution in [0.4, 0.5) is 0 Å². The summed E-state index contributed by atoms with van der Waals surface area (Å²) in [5.74, 6) is 0.750. The lowest BCUT2D eigenvalue weighted by Crippen LogP contribution is -2.21. The normalized spacial score (nSPS) is 12.5. The Balaban J connectivity index is 2.77. The van der Waals surface area contributed by atoms with Crippen molar-refractivity contribution in [2.45, 2.75) is 32.7 Å². The molecule has 2 N–H and O–H groups in total. The van der Waals surface area contributed by atoms with E-state index in [9.17, 15) is 0 Å². The van der Waals surface area contributed by atoms with Crippen LogP contribution in [0.15, 0.2) is 18.2 Å². The number of ether oxygens (including phenoxy) is 1. The van der Waals surface area contributed by atoms with Gasteiger partial charge < -0.3 is 10.5 Å². The first-order chi connectivity index (χ1) is 7.17. The van der Waals surface area contributed by atoms with Crippen LogP contribution in [-0.2, 0) is 6.42 Å². The summed E-state index contributed by atoms with van der Waals surface area (Å²) in [4.78, 5) is 0. The molecule has 1 aromatic carbocycles. The van der Waals surface area contributed by atoms with Crippen molar-refractivity contribution >= 4 is 11.6 Å². The highest BCUT2D eigenvalue weighted by molar-refractivity contribution is 6.32. The van der Waals surface area contributed by atoms with Gasteiger partial charge in [-0.3, -0.25) is 0 Å². The Morgan fingerprint density at radius 1 is 1.40 bits per heavy atom. The van der Waals surface area contributed by atoms with Crippen LogP contribution in [0, 0.1) is 0 Å². The molecular weight excluding hydrogens is 210 g/mol. The third-order valence-corrected chi connectivity index (χ3v) is 2.63. The van der Waals surface area contributed by atoms with E-state index in [0.717, 1.165) is 18.6 Å². The monoisotopic (exact) mass is 227 g/mol. The number of nitrogens with two attached hydrogens (primary N) is 1. The van der Waals surface area contributed by atoms with E-state index in [-0.39, 0.29) is 6.04 Å². The Morgan fingerprint density at radius 3 is 2.73 bits per heavy atom. The van der Waals surface area contributed by atoms with E-state index < -0.39 is 0 Å². The Labute approximate surface area is 96.4 Å². The molecule has 1 atom stereocenters. The number of rotatable bonds is 5. The molecule has 0 spiro atoms. The fraction of sp³-hybridized carbons (Fsp3) is 0.500. The van der Waals surface area contributed by atoms with Gasteiger partial charge in [0, 0.05) is 6.04 Å². The molecule has 3 heteroatoms. The van der Waals surface area contributed by atoms with E-state index in [2.05, 4.69) is 6.92 Å². The van der Waals surface area contributed by atoms with Crippen molar-refractivity contribution in [2.24, 2.45) is 5.73 Å². The van der Waals surface area contributed by atoms with Crippen molar-refractivity contribution < 1.29 is 4.74 Å². The summed E-state index contributed by atoms with van der Waals surface area (Å²) in [6.07, 6.45) is 1.85. The van der Waals surface area contributed by atoms with Crippen LogP contribution in [0.5, 0.6) is 5.75 Å². The smallest absolute Gasteiger partial charge is 0.138 e. The predicted molar refractivity (Wildman–Crippen MR) is 64.6 cm³/mol. The fourth-order valence-electron chi connectivity index (χ4n) is 1.39. The second-order valence-electron chi connectivity index (χ2n) is 3.57. The highest BCUT2D eigenvalue weighted by atomic mass is 35.5. The number of halogens is 1. The molecule has 0 heterocycles. The Morgan fingerprint density at radius 2 is 2.13 bits per heavy atom. The molecule has 0 fully saturated rings. The maximum absolute atomic E-state index is 5.99. The molecule has 0 aromatic heterocycles. The quantitative estimate of drug-likeness (QED) is 0.839. The van der Waals surface area contributed by atoms with E-state index >= 15 is 0 Å². The van der Waals surface area contributed by atoms with Crippen LogP contribution in [0.3, 0.4) is 0 Å². The zero-order valence-electron chi connectivity index (χ0n) is 9.29. The highest BCUT2D eigenvalue weighted by Crippen LogP contribution is 2.26. The average molecular weight is 228 g/mol. The largest absolute Gasteiger partial charge is 0.492 e. The molecule has 0 saturated heterocycles. The lowest BCUT2D eigenvalue weighted by molar-refractivity contribution is 0.340. The fourth-order valence-corrected chi connectivity index (χ4v) is 1.56. The third kappa shape index (κ3) is 3.73. The van der Waals surface area contributed by atoms with Crippen LogP contribution in [0.25, 0.3) is 0 Å². The molecule has 15 heavy (non-hydrogen) atoms. The molecule has 0 radical (unpaired) electrons. The Bertz CT molecular complexity index is 314. The Hall–Kier alpha value is -0.730. The van der Waals surface area contributed by atoms with Crippen LogP contribution < -0.4 is 10.5 Å². The van der Waals surface area contributed by atoms with E-state index in [4.69, 9.17) is 22.1 Å². The first kappa shape index (κ1) is 12.3. The molecule has 1 aromatic rings. The molecule has 0 amide bonds. The lowest BCUT2D eigenvalue weighted by atomic mass is 10.0. The van der Waals surface area contributed by atoms with Gasteiger partial charge >= 0.3 is 0 Å². The van der Waals surface area contributed by atoms with Gasteiger partial charge in [-0.2, -0.15) is 0 Å². The molecule has 0 aliphatic carbocycles. The second kappa shape index (κ2) is 5.99. The molecule has 0 unspecified atom stereocenters. The highest BCUT2D eigenvalue weighted by Gasteiger charge is 2.05. The minimum Gasteiger partial charge on any atom is -0.492 e. The van der Waals surface area contributed by atoms with Crippen molar-refractivity contribution in [3.63, 3.8) is 0 Å². The van der Waals surface area contributed by atoms with Gasteiger partial charge in [-0.1, -0.05) is 24.6 Å². The topological polar surface area (TPSA) is 35.2 Å². The Kier molecular flexibility index (Phi) is 4.92. The molecule has 0 aliphatic rings. The number of benzene rings is 1. The second-order valence-corrected chi connectivity index (χ2v) is 3.98. The lowest BCUT2D eigenvalue weighted by Gasteiger charge is -2.11. The molecule has 0 bridgehead atoms. The standard InChI is InChI=1S/C12H18ClNO/c1-3-10(14)7-9-5-6-11(13)12(8-9)15-4-2/h5-6,8,10H,3-4,7,14H2,1-2H3/t10-/m0/s1. The molecular formula is C12H18ClNO. The summed E-state index contributed by atoms with van der Waals surface area (Å²) in [7, 11) is 0. The first-order valence-corrected chi connectivity index (χ1v) is 5.72. The number of hydrogen-bond donors (Lipinski definition) is 1. The summed E-state index contributed by atoms with van der Waals surface area (Å²) >= 11 is 5.99. The summed E-state index contributed by atoms with van der Waals surface area (Å²) in [6.45, 7) is 4.66. The van der Waals surface area contributed by atoms with E-state index in [1.165, 1.54) is 5.56 Å². The van der Waals surface area contributed by atoms with Gasteiger partial charge in [-0.05, 0) is 37.5 Å². The zero-order valence-corrected chi connectivity index (χ0v) is 10.1. The summed E-state index contributed by atoms with van der Waals surface area (Å²) < 4.78 is 5.42. The average Bonchev–Trinajstić information content (AvgIpc) is 2.23. The van der Waals surface area contributed by atoms with Gasteiger partial charge in [0.1, 0.15) is 5.75 Å². The van der Waals surface area contributed by atoms with Crippen molar-refractivity contribution in [3.05, 3.63) is 28.8 Å². The summed E-state index contributed by atoms with van der Waals surface area (Å²) in [5.41, 5.74) is 7.07. The van der Waals surface area contributed by atoms with Crippen molar-refractivity contribution in [3.8, 4) is 5.75 Å². The van der Waals surface area contributed by atoms with Crippen LogP contribution >= 0.6 is 11.6 Å². The summed E-state index contributed by atoms with van der Waals surface area (Å²) in [5, 5.41) is 0.658. The van der Waals surface area contributed by atoms with Crippen molar-refractivity contribution in [2.75, 3.05) is 6.61 Å². The van der Waals surface area contributed by atoms with E-state index in [0.29, 0.717) is 11.6 Å². The van der Waals surface area contributed by atoms with E-state index in [1.807, 2.05) is 25.1 Å². The molecule has 2 nitrogen and oxygen atoms in total. The molecule has 0 aliphatic heterocycles. The van der Waals surface area contributed by atoms with Gasteiger partial charge in [-0.25, -0.2) is 0 Å². The van der Waals surface area contributed by atoms with Gasteiger partial charge in [0.25, 0.3) is 0 Å². The SMILES string of the molecule is CCOc1cc(C[C@@H](N)CC)ccc1Cl. The maximum atomic E-state index is 5.99. The van der Waals surface area contributed by atoms with Crippen molar-refractivity contribution in [1.29, 1.82) is 0 Å². The molecule has 1 rings (SSSR count). The van der Waals surface area contributed by atoms with Gasteiger partial charge in [-0.15, -0.1) is 0 Å².